The maximum atomic E-state index is 13.4. The van der Waals surface area contributed by atoms with Crippen LogP contribution in [0.3, 0.4) is 0 Å². The number of hydrogen-bond donors (Lipinski definition) is 2. The molecular weight excluding hydrogens is 617 g/mol. The van der Waals surface area contributed by atoms with Gasteiger partial charge < -0.3 is 10.3 Å². The van der Waals surface area contributed by atoms with Gasteiger partial charge in [-0.15, -0.1) is 0 Å². The van der Waals surface area contributed by atoms with Gasteiger partial charge in [0.25, 0.3) is 5.91 Å². The van der Waals surface area contributed by atoms with Gasteiger partial charge >= 0.3 is 0 Å². The molecule has 244 valence electrons. The lowest BCUT2D eigenvalue weighted by Gasteiger charge is -2.36. The van der Waals surface area contributed by atoms with E-state index in [4.69, 9.17) is 10.1 Å². The fraction of sp³-hybridized carbons (Fsp3) is 0.116. The number of rotatable bonds is 10. The van der Waals surface area contributed by atoms with Crippen LogP contribution in [0.4, 0.5) is 0 Å². The van der Waals surface area contributed by atoms with Crippen molar-refractivity contribution < 1.29 is 4.79 Å². The van der Waals surface area contributed by atoms with E-state index in [9.17, 15) is 4.79 Å². The highest BCUT2D eigenvalue weighted by Crippen LogP contribution is 2.42. The maximum absolute atomic E-state index is 13.4. The van der Waals surface area contributed by atoms with E-state index in [1.807, 2.05) is 36.4 Å². The monoisotopic (exact) mass is 652 g/mol. The molecule has 8 aromatic rings. The Labute approximate surface area is 290 Å². The van der Waals surface area contributed by atoms with E-state index in [0.29, 0.717) is 18.6 Å². The summed E-state index contributed by atoms with van der Waals surface area (Å²) in [6.07, 6.45) is 3.57. The molecule has 0 aliphatic carbocycles. The lowest BCUT2D eigenvalue weighted by Crippen LogP contribution is -2.35. The minimum Gasteiger partial charge on any atom is -0.349 e. The summed E-state index contributed by atoms with van der Waals surface area (Å²) in [6, 6.07) is 50.2. The van der Waals surface area contributed by atoms with Crippen LogP contribution in [0, 0.1) is 0 Å². The van der Waals surface area contributed by atoms with Gasteiger partial charge in [0.2, 0.25) is 0 Å². The van der Waals surface area contributed by atoms with Crippen molar-refractivity contribution in [3.8, 4) is 11.3 Å². The fourth-order valence-corrected chi connectivity index (χ4v) is 7.02. The first kappa shape index (κ1) is 31.0. The van der Waals surface area contributed by atoms with Crippen molar-refractivity contribution >= 4 is 27.8 Å². The summed E-state index contributed by atoms with van der Waals surface area (Å²) < 4.78 is 2.11. The first-order valence-corrected chi connectivity index (χ1v) is 16.9. The molecule has 1 amide bonds. The second-order valence-corrected chi connectivity index (χ2v) is 12.7. The quantitative estimate of drug-likeness (QED) is 0.145. The summed E-state index contributed by atoms with van der Waals surface area (Å²) in [5.41, 5.74) is 8.30. The summed E-state index contributed by atoms with van der Waals surface area (Å²) in [4.78, 5) is 25.7. The number of hydrogen-bond acceptors (Lipinski definition) is 4. The lowest BCUT2D eigenvalue weighted by atomic mass is 9.69. The van der Waals surface area contributed by atoms with Gasteiger partial charge in [0.1, 0.15) is 5.69 Å². The second-order valence-electron chi connectivity index (χ2n) is 12.7. The molecule has 7 nitrogen and oxygen atoms in total. The SMILES string of the molecule is C[C@H](CNC(=O)c1nc2cc3c(-c4ccncc4)nn(CC(c4ccccc4)(c4ccccc4)c4ccccc4)c3cc2[nH]1)c1ccccc1. The number of amides is 1. The van der Waals surface area contributed by atoms with E-state index in [2.05, 4.69) is 136 Å². The van der Waals surface area contributed by atoms with Gasteiger partial charge in [0, 0.05) is 29.9 Å². The minimum absolute atomic E-state index is 0.167. The molecule has 8 rings (SSSR count). The number of fused-ring (bicyclic) bond motifs is 2. The van der Waals surface area contributed by atoms with Crippen LogP contribution in [0.25, 0.3) is 33.2 Å². The zero-order valence-corrected chi connectivity index (χ0v) is 27.7. The van der Waals surface area contributed by atoms with Crippen molar-refractivity contribution in [3.05, 3.63) is 186 Å². The van der Waals surface area contributed by atoms with Crippen LogP contribution in [0.2, 0.25) is 0 Å². The molecule has 2 N–H and O–H groups in total. The van der Waals surface area contributed by atoms with Gasteiger partial charge in [-0.3, -0.25) is 14.5 Å². The molecule has 0 saturated carbocycles. The van der Waals surface area contributed by atoms with E-state index in [0.717, 1.165) is 44.4 Å². The highest BCUT2D eigenvalue weighted by molar-refractivity contribution is 6.03. The van der Waals surface area contributed by atoms with Gasteiger partial charge in [0.15, 0.2) is 5.82 Å². The highest BCUT2D eigenvalue weighted by atomic mass is 16.2. The summed E-state index contributed by atoms with van der Waals surface area (Å²) in [5, 5.41) is 9.34. The highest BCUT2D eigenvalue weighted by Gasteiger charge is 2.38. The van der Waals surface area contributed by atoms with E-state index >= 15 is 0 Å². The average Bonchev–Trinajstić information content (AvgIpc) is 3.77. The predicted octanol–water partition coefficient (Wildman–Crippen LogP) is 8.54. The molecule has 0 aliphatic rings. The zero-order chi connectivity index (χ0) is 33.9. The lowest BCUT2D eigenvalue weighted by molar-refractivity contribution is 0.0942. The van der Waals surface area contributed by atoms with Crippen molar-refractivity contribution in [3.63, 3.8) is 0 Å². The molecule has 1 atom stereocenters. The summed E-state index contributed by atoms with van der Waals surface area (Å²) in [7, 11) is 0. The van der Waals surface area contributed by atoms with Gasteiger partial charge in [-0.1, -0.05) is 128 Å². The van der Waals surface area contributed by atoms with E-state index in [1.165, 1.54) is 5.56 Å². The minimum atomic E-state index is -0.568. The second kappa shape index (κ2) is 13.3. The Bertz CT molecular complexity index is 2270. The van der Waals surface area contributed by atoms with Gasteiger partial charge in [-0.2, -0.15) is 5.10 Å². The van der Waals surface area contributed by atoms with Crippen LogP contribution >= 0.6 is 0 Å². The number of carbonyl (C=O) groups excluding carboxylic acids is 1. The third-order valence-corrected chi connectivity index (χ3v) is 9.65. The van der Waals surface area contributed by atoms with Crippen molar-refractivity contribution in [1.29, 1.82) is 0 Å². The molecule has 0 radical (unpaired) electrons. The number of nitrogens with zero attached hydrogens (tertiary/aromatic N) is 4. The Morgan fingerprint density at radius 1 is 0.760 bits per heavy atom. The van der Waals surface area contributed by atoms with Crippen LogP contribution in [0.5, 0.6) is 0 Å². The van der Waals surface area contributed by atoms with Gasteiger partial charge in [-0.25, -0.2) is 4.98 Å². The number of aromatic nitrogens is 5. The average molecular weight is 653 g/mol. The van der Waals surface area contributed by atoms with Crippen LogP contribution in [-0.4, -0.2) is 37.2 Å². The van der Waals surface area contributed by atoms with Crippen LogP contribution in [0.15, 0.2) is 158 Å². The molecule has 5 aromatic carbocycles. The van der Waals surface area contributed by atoms with E-state index in [-0.39, 0.29) is 17.6 Å². The molecular formula is C43H36N6O. The Kier molecular flexibility index (Phi) is 8.22. The molecule has 7 heteroatoms. The van der Waals surface area contributed by atoms with E-state index in [1.54, 1.807) is 12.4 Å². The van der Waals surface area contributed by atoms with Crippen molar-refractivity contribution in [2.75, 3.05) is 6.54 Å². The summed E-state index contributed by atoms with van der Waals surface area (Å²) >= 11 is 0. The number of nitrogens with one attached hydrogen (secondary N) is 2. The largest absolute Gasteiger partial charge is 0.349 e. The molecule has 0 fully saturated rings. The van der Waals surface area contributed by atoms with Crippen molar-refractivity contribution in [2.45, 2.75) is 24.8 Å². The van der Waals surface area contributed by atoms with Crippen molar-refractivity contribution in [2.24, 2.45) is 0 Å². The summed E-state index contributed by atoms with van der Waals surface area (Å²) in [6.45, 7) is 3.13. The molecule has 0 spiro atoms. The molecule has 50 heavy (non-hydrogen) atoms. The number of aromatic amines is 1. The Hall–Kier alpha value is -6.34. The third kappa shape index (κ3) is 5.73. The Balaban J connectivity index is 1.26. The Morgan fingerprint density at radius 2 is 1.32 bits per heavy atom. The number of benzene rings is 5. The number of carbonyl (C=O) groups is 1. The standard InChI is InChI=1S/C43H36N6O/c1-30(31-14-6-2-7-15-31)28-45-42(50)41-46-37-26-36-39(27-38(37)47-41)49(48-40(36)32-22-24-44-25-23-32)29-43(33-16-8-3-9-17-33,34-18-10-4-11-19-34)35-20-12-5-13-21-35/h2-27,30H,28-29H2,1H3,(H,45,50)(H,46,47)/t30-/m1/s1. The molecule has 3 heterocycles. The topological polar surface area (TPSA) is 88.5 Å². The Morgan fingerprint density at radius 3 is 1.90 bits per heavy atom. The van der Waals surface area contributed by atoms with Gasteiger partial charge in [-0.05, 0) is 52.4 Å². The van der Waals surface area contributed by atoms with Crippen molar-refractivity contribution in [1.82, 2.24) is 30.0 Å². The first-order valence-electron chi connectivity index (χ1n) is 16.9. The third-order valence-electron chi connectivity index (χ3n) is 9.65. The van der Waals surface area contributed by atoms with Crippen LogP contribution in [0.1, 0.15) is 45.7 Å². The predicted molar refractivity (Wildman–Crippen MR) is 199 cm³/mol. The molecule has 3 aromatic heterocycles. The molecule has 0 saturated heterocycles. The molecule has 0 unspecified atom stereocenters. The summed E-state index contributed by atoms with van der Waals surface area (Å²) in [5.74, 6) is 0.213. The smallest absolute Gasteiger partial charge is 0.287 e. The maximum Gasteiger partial charge on any atom is 0.287 e. The van der Waals surface area contributed by atoms with E-state index < -0.39 is 5.41 Å². The zero-order valence-electron chi connectivity index (χ0n) is 27.7. The van der Waals surface area contributed by atoms with Crippen LogP contribution < -0.4 is 5.32 Å². The normalized spacial score (nSPS) is 12.3. The first-order chi connectivity index (χ1) is 24.6. The molecule has 0 bridgehead atoms. The number of pyridine rings is 1. The molecule has 0 aliphatic heterocycles. The van der Waals surface area contributed by atoms with Crippen LogP contribution in [-0.2, 0) is 12.0 Å². The number of imidazole rings is 1. The van der Waals surface area contributed by atoms with Gasteiger partial charge in [0.05, 0.1) is 28.5 Å². The number of H-pyrrole nitrogens is 1. The fourth-order valence-electron chi connectivity index (χ4n) is 7.02.